The highest BCUT2D eigenvalue weighted by Gasteiger charge is 2.22. The summed E-state index contributed by atoms with van der Waals surface area (Å²) in [6, 6.07) is 6.58. The molecule has 2 aliphatic rings. The van der Waals surface area contributed by atoms with Crippen LogP contribution in [-0.2, 0) is 17.6 Å². The highest BCUT2D eigenvalue weighted by Crippen LogP contribution is 2.23. The molecule has 3 rings (SSSR count). The topological polar surface area (TPSA) is 29.5 Å². The van der Waals surface area contributed by atoms with E-state index in [1.165, 1.54) is 24.0 Å². The van der Waals surface area contributed by atoms with E-state index in [1.54, 1.807) is 0 Å². The molecule has 102 valence electrons. The van der Waals surface area contributed by atoms with Crippen LogP contribution in [0.5, 0.6) is 0 Å². The highest BCUT2D eigenvalue weighted by molar-refractivity contribution is 5.97. The zero-order chi connectivity index (χ0) is 13.2. The van der Waals surface area contributed by atoms with E-state index >= 15 is 0 Å². The summed E-state index contributed by atoms with van der Waals surface area (Å²) in [5.41, 5.74) is 3.68. The molecule has 0 spiro atoms. The first-order valence-corrected chi connectivity index (χ1v) is 7.21. The summed E-state index contributed by atoms with van der Waals surface area (Å²) >= 11 is 0. The maximum Gasteiger partial charge on any atom is 0.176 e. The molecule has 1 aromatic rings. The average Bonchev–Trinajstić information content (AvgIpc) is 2.88. The molecule has 19 heavy (non-hydrogen) atoms. The van der Waals surface area contributed by atoms with Crippen LogP contribution < -0.4 is 0 Å². The molecule has 0 amide bonds. The van der Waals surface area contributed by atoms with Gasteiger partial charge in [0.2, 0.25) is 0 Å². The fraction of sp³-hybridized carbons (Fsp3) is 0.562. The predicted molar refractivity (Wildman–Crippen MR) is 74.7 cm³/mol. The lowest BCUT2D eigenvalue weighted by Crippen LogP contribution is -2.45. The monoisotopic (exact) mass is 259 g/mol. The third-order valence-electron chi connectivity index (χ3n) is 4.27. The van der Waals surface area contributed by atoms with Crippen molar-refractivity contribution < 1.29 is 9.53 Å². The van der Waals surface area contributed by atoms with Crippen LogP contribution in [-0.4, -0.2) is 43.0 Å². The fourth-order valence-corrected chi connectivity index (χ4v) is 3.02. The molecule has 0 saturated carbocycles. The maximum atomic E-state index is 12.4. The third-order valence-corrected chi connectivity index (χ3v) is 4.27. The van der Waals surface area contributed by atoms with Crippen molar-refractivity contribution in [3.05, 3.63) is 34.9 Å². The standard InChI is InChI=1S/C16H21NO2/c1-12-11-19-8-7-17(12)10-16(18)15-6-5-13-3-2-4-14(13)9-15/h5-6,9,12H,2-4,7-8,10-11H2,1H3. The largest absolute Gasteiger partial charge is 0.379 e. The van der Waals surface area contributed by atoms with Gasteiger partial charge in [-0.05, 0) is 43.4 Å². The second kappa shape index (κ2) is 5.43. The molecule has 0 N–H and O–H groups in total. The van der Waals surface area contributed by atoms with E-state index in [9.17, 15) is 4.79 Å². The number of carbonyl (C=O) groups excluding carboxylic acids is 1. The number of benzene rings is 1. The van der Waals surface area contributed by atoms with E-state index in [-0.39, 0.29) is 5.78 Å². The first-order valence-electron chi connectivity index (χ1n) is 7.21. The van der Waals surface area contributed by atoms with Crippen LogP contribution in [0.3, 0.4) is 0 Å². The number of morpholine rings is 1. The second-order valence-corrected chi connectivity index (χ2v) is 5.65. The molecule has 1 aliphatic heterocycles. The number of carbonyl (C=O) groups is 1. The Morgan fingerprint density at radius 1 is 1.37 bits per heavy atom. The molecule has 0 aromatic heterocycles. The molecule has 1 aliphatic carbocycles. The van der Waals surface area contributed by atoms with Crippen molar-refractivity contribution in [2.45, 2.75) is 32.2 Å². The molecular weight excluding hydrogens is 238 g/mol. The number of nitrogens with zero attached hydrogens (tertiary/aromatic N) is 1. The van der Waals surface area contributed by atoms with Crippen LogP contribution in [0, 0.1) is 0 Å². The minimum absolute atomic E-state index is 0.239. The summed E-state index contributed by atoms with van der Waals surface area (Å²) in [4.78, 5) is 14.6. The van der Waals surface area contributed by atoms with E-state index in [0.29, 0.717) is 12.6 Å². The maximum absolute atomic E-state index is 12.4. The van der Waals surface area contributed by atoms with Gasteiger partial charge < -0.3 is 4.74 Å². The molecule has 1 saturated heterocycles. The van der Waals surface area contributed by atoms with Gasteiger partial charge in [0.05, 0.1) is 19.8 Å². The van der Waals surface area contributed by atoms with Gasteiger partial charge in [-0.15, -0.1) is 0 Å². The lowest BCUT2D eigenvalue weighted by Gasteiger charge is -2.32. The second-order valence-electron chi connectivity index (χ2n) is 5.65. The molecule has 1 atom stereocenters. The highest BCUT2D eigenvalue weighted by atomic mass is 16.5. The smallest absolute Gasteiger partial charge is 0.176 e. The minimum Gasteiger partial charge on any atom is -0.379 e. The van der Waals surface area contributed by atoms with E-state index in [2.05, 4.69) is 24.0 Å². The minimum atomic E-state index is 0.239. The van der Waals surface area contributed by atoms with Crippen molar-refractivity contribution in [1.29, 1.82) is 0 Å². The van der Waals surface area contributed by atoms with E-state index in [4.69, 9.17) is 4.74 Å². The van der Waals surface area contributed by atoms with Gasteiger partial charge in [0.15, 0.2) is 5.78 Å². The zero-order valence-electron chi connectivity index (χ0n) is 11.5. The first kappa shape index (κ1) is 12.8. The summed E-state index contributed by atoms with van der Waals surface area (Å²) in [6.07, 6.45) is 3.53. The normalized spacial score (nSPS) is 23.3. The van der Waals surface area contributed by atoms with Crippen LogP contribution in [0.25, 0.3) is 0 Å². The van der Waals surface area contributed by atoms with Crippen LogP contribution in [0.15, 0.2) is 18.2 Å². The molecule has 1 heterocycles. The summed E-state index contributed by atoms with van der Waals surface area (Å²) in [5.74, 6) is 0.239. The molecule has 0 bridgehead atoms. The van der Waals surface area contributed by atoms with Crippen LogP contribution >= 0.6 is 0 Å². The number of Topliss-reactive ketones (excluding diaryl/α,β-unsaturated/α-hetero) is 1. The number of aryl methyl sites for hydroxylation is 2. The van der Waals surface area contributed by atoms with Gasteiger partial charge in [0, 0.05) is 18.2 Å². The SMILES string of the molecule is CC1COCCN1CC(=O)c1ccc2c(c1)CCC2. The zero-order valence-corrected chi connectivity index (χ0v) is 11.5. The summed E-state index contributed by atoms with van der Waals surface area (Å²) < 4.78 is 5.41. The number of hydrogen-bond donors (Lipinski definition) is 0. The van der Waals surface area contributed by atoms with Crippen molar-refractivity contribution in [3.63, 3.8) is 0 Å². The first-order chi connectivity index (χ1) is 9.24. The molecule has 0 radical (unpaired) electrons. The van der Waals surface area contributed by atoms with Crippen molar-refractivity contribution in [1.82, 2.24) is 4.90 Å². The van der Waals surface area contributed by atoms with Crippen LogP contribution in [0.1, 0.15) is 34.8 Å². The van der Waals surface area contributed by atoms with Gasteiger partial charge >= 0.3 is 0 Å². The molecule has 3 nitrogen and oxygen atoms in total. The van der Waals surface area contributed by atoms with E-state index in [0.717, 1.165) is 31.7 Å². The number of hydrogen-bond acceptors (Lipinski definition) is 3. The van der Waals surface area contributed by atoms with Gasteiger partial charge in [0.25, 0.3) is 0 Å². The summed E-state index contributed by atoms with van der Waals surface area (Å²) in [7, 11) is 0. The summed E-state index contributed by atoms with van der Waals surface area (Å²) in [6.45, 7) is 4.97. The molecule has 1 aromatic carbocycles. The third kappa shape index (κ3) is 2.72. The van der Waals surface area contributed by atoms with Crippen molar-refractivity contribution in [2.24, 2.45) is 0 Å². The molecule has 3 heteroatoms. The van der Waals surface area contributed by atoms with E-state index in [1.807, 2.05) is 6.07 Å². The lowest BCUT2D eigenvalue weighted by atomic mass is 10.0. The quantitative estimate of drug-likeness (QED) is 0.778. The van der Waals surface area contributed by atoms with Gasteiger partial charge in [-0.1, -0.05) is 12.1 Å². The van der Waals surface area contributed by atoms with Crippen molar-refractivity contribution >= 4 is 5.78 Å². The number of ether oxygens (including phenoxy) is 1. The summed E-state index contributed by atoms with van der Waals surface area (Å²) in [5, 5.41) is 0. The average molecular weight is 259 g/mol. The lowest BCUT2D eigenvalue weighted by molar-refractivity contribution is 0.00201. The molecule has 1 unspecified atom stereocenters. The van der Waals surface area contributed by atoms with Gasteiger partial charge in [-0.2, -0.15) is 0 Å². The van der Waals surface area contributed by atoms with E-state index < -0.39 is 0 Å². The Morgan fingerprint density at radius 3 is 3.05 bits per heavy atom. The predicted octanol–water partition coefficient (Wildman–Crippen LogP) is 2.08. The van der Waals surface area contributed by atoms with Crippen molar-refractivity contribution in [2.75, 3.05) is 26.3 Å². The Bertz CT molecular complexity index is 484. The number of fused-ring (bicyclic) bond motifs is 1. The molecule has 1 fully saturated rings. The fourth-order valence-electron chi connectivity index (χ4n) is 3.02. The molecular formula is C16H21NO2. The van der Waals surface area contributed by atoms with Crippen LogP contribution in [0.2, 0.25) is 0 Å². The Hall–Kier alpha value is -1.19. The Morgan fingerprint density at radius 2 is 2.21 bits per heavy atom. The Labute approximate surface area is 114 Å². The van der Waals surface area contributed by atoms with Gasteiger partial charge in [0.1, 0.15) is 0 Å². The van der Waals surface area contributed by atoms with Crippen LogP contribution in [0.4, 0.5) is 0 Å². The van der Waals surface area contributed by atoms with Crippen molar-refractivity contribution in [3.8, 4) is 0 Å². The Balaban J connectivity index is 1.70. The van der Waals surface area contributed by atoms with Gasteiger partial charge in [-0.3, -0.25) is 9.69 Å². The Kier molecular flexibility index (Phi) is 3.67. The van der Waals surface area contributed by atoms with Gasteiger partial charge in [-0.25, -0.2) is 0 Å². The number of rotatable bonds is 3. The number of ketones is 1.